The highest BCUT2D eigenvalue weighted by Crippen LogP contribution is 2.42. The van der Waals surface area contributed by atoms with Crippen LogP contribution in [-0.4, -0.2) is 19.1 Å². The quantitative estimate of drug-likeness (QED) is 0.913. The monoisotopic (exact) mass is 341 g/mol. The predicted molar refractivity (Wildman–Crippen MR) is 76.6 cm³/mol. The van der Waals surface area contributed by atoms with E-state index in [-0.39, 0.29) is 23.7 Å². The van der Waals surface area contributed by atoms with Gasteiger partial charge in [0.1, 0.15) is 5.82 Å². The predicted octanol–water partition coefficient (Wildman–Crippen LogP) is 3.19. The largest absolute Gasteiger partial charge is 0.381 e. The van der Waals surface area contributed by atoms with E-state index in [4.69, 9.17) is 4.74 Å². The number of carbonyl (C=O) groups is 1. The summed E-state index contributed by atoms with van der Waals surface area (Å²) in [4.78, 5) is 12.2. The summed E-state index contributed by atoms with van der Waals surface area (Å²) in [6.07, 6.45) is 2.94. The van der Waals surface area contributed by atoms with Crippen molar-refractivity contribution in [1.29, 1.82) is 0 Å². The molecule has 1 aromatic rings. The highest BCUT2D eigenvalue weighted by molar-refractivity contribution is 9.10. The normalized spacial score (nSPS) is 23.6. The van der Waals surface area contributed by atoms with Crippen molar-refractivity contribution >= 4 is 21.8 Å². The fraction of sp³-hybridized carbons (Fsp3) is 0.533. The molecule has 0 bridgehead atoms. The van der Waals surface area contributed by atoms with Gasteiger partial charge in [-0.05, 0) is 48.9 Å². The maximum Gasteiger partial charge on any atom is 0.226 e. The van der Waals surface area contributed by atoms with E-state index >= 15 is 0 Å². The molecule has 0 radical (unpaired) electrons. The van der Waals surface area contributed by atoms with Crippen LogP contribution in [0.4, 0.5) is 4.39 Å². The summed E-state index contributed by atoms with van der Waals surface area (Å²) in [7, 11) is 0. The van der Waals surface area contributed by atoms with Crippen LogP contribution >= 0.6 is 15.9 Å². The second kappa shape index (κ2) is 5.82. The third kappa shape index (κ3) is 3.20. The van der Waals surface area contributed by atoms with Crippen LogP contribution in [0.25, 0.3) is 0 Å². The maximum absolute atomic E-state index is 13.5. The summed E-state index contributed by atoms with van der Waals surface area (Å²) in [5.41, 5.74) is 0.839. The van der Waals surface area contributed by atoms with Crippen LogP contribution in [0.3, 0.4) is 0 Å². The van der Waals surface area contributed by atoms with Gasteiger partial charge in [-0.1, -0.05) is 15.9 Å². The average molecular weight is 342 g/mol. The molecule has 1 aliphatic carbocycles. The molecule has 2 atom stereocenters. The number of ether oxygens (including phenoxy) is 1. The molecule has 1 amide bonds. The van der Waals surface area contributed by atoms with Crippen molar-refractivity contribution in [2.24, 2.45) is 11.8 Å². The Morgan fingerprint density at radius 3 is 2.75 bits per heavy atom. The SMILES string of the molecule is O=C(N[C@H](c1cc(F)cc(Br)c1)C1CC1)[C@@H]1CCOC1. The molecular weight excluding hydrogens is 325 g/mol. The van der Waals surface area contributed by atoms with Gasteiger partial charge in [-0.15, -0.1) is 0 Å². The third-order valence-corrected chi connectivity index (χ3v) is 4.39. The van der Waals surface area contributed by atoms with Crippen LogP contribution in [0.15, 0.2) is 22.7 Å². The Balaban J connectivity index is 1.76. The lowest BCUT2D eigenvalue weighted by atomic mass is 10.0. The highest BCUT2D eigenvalue weighted by atomic mass is 79.9. The fourth-order valence-corrected chi connectivity index (χ4v) is 3.15. The summed E-state index contributed by atoms with van der Waals surface area (Å²) in [5, 5.41) is 3.09. The first-order valence-corrected chi connectivity index (χ1v) is 7.77. The standard InChI is InChI=1S/C15H17BrFNO2/c16-12-5-11(6-13(17)7-12)14(9-1-2-9)18-15(19)10-3-4-20-8-10/h5-7,9-10,14H,1-4,8H2,(H,18,19)/t10-,14+/m1/s1. The minimum Gasteiger partial charge on any atom is -0.381 e. The first-order valence-electron chi connectivity index (χ1n) is 6.97. The minimum atomic E-state index is -0.279. The Bertz CT molecular complexity index is 492. The summed E-state index contributed by atoms with van der Waals surface area (Å²) in [5.74, 6) is 0.112. The number of benzene rings is 1. The van der Waals surface area contributed by atoms with Crippen molar-refractivity contribution in [2.75, 3.05) is 13.2 Å². The van der Waals surface area contributed by atoms with Crippen LogP contribution in [0.5, 0.6) is 0 Å². The molecule has 20 heavy (non-hydrogen) atoms. The molecule has 1 saturated heterocycles. The lowest BCUT2D eigenvalue weighted by Gasteiger charge is -2.21. The number of carbonyl (C=O) groups excluding carboxylic acids is 1. The number of rotatable bonds is 4. The summed E-state index contributed by atoms with van der Waals surface area (Å²) < 4.78 is 19.5. The Morgan fingerprint density at radius 1 is 1.35 bits per heavy atom. The van der Waals surface area contributed by atoms with Crippen LogP contribution in [0, 0.1) is 17.7 Å². The zero-order valence-corrected chi connectivity index (χ0v) is 12.7. The summed E-state index contributed by atoms with van der Waals surface area (Å²) >= 11 is 3.31. The molecule has 1 aliphatic heterocycles. The van der Waals surface area contributed by atoms with Crippen molar-refractivity contribution in [3.05, 3.63) is 34.1 Å². The lowest BCUT2D eigenvalue weighted by molar-refractivity contribution is -0.125. The van der Waals surface area contributed by atoms with Gasteiger partial charge < -0.3 is 10.1 Å². The maximum atomic E-state index is 13.5. The Kier molecular flexibility index (Phi) is 4.08. The van der Waals surface area contributed by atoms with E-state index in [1.807, 2.05) is 6.07 Å². The molecule has 0 aromatic heterocycles. The van der Waals surface area contributed by atoms with Gasteiger partial charge >= 0.3 is 0 Å². The molecule has 3 rings (SSSR count). The number of nitrogens with one attached hydrogen (secondary N) is 1. The molecule has 1 heterocycles. The van der Waals surface area contributed by atoms with Crippen LogP contribution in [-0.2, 0) is 9.53 Å². The van der Waals surface area contributed by atoms with Crippen LogP contribution < -0.4 is 5.32 Å². The van der Waals surface area contributed by atoms with Crippen LogP contribution in [0.2, 0.25) is 0 Å². The van der Waals surface area contributed by atoms with Crippen molar-refractivity contribution in [1.82, 2.24) is 5.32 Å². The summed E-state index contributed by atoms with van der Waals surface area (Å²) in [6, 6.07) is 4.74. The van der Waals surface area contributed by atoms with Crippen molar-refractivity contribution in [3.63, 3.8) is 0 Å². The second-order valence-corrected chi connectivity index (χ2v) is 6.50. The van der Waals surface area contributed by atoms with E-state index in [1.54, 1.807) is 0 Å². The van der Waals surface area contributed by atoms with Gasteiger partial charge in [0, 0.05) is 11.1 Å². The van der Waals surface area contributed by atoms with E-state index < -0.39 is 0 Å². The van der Waals surface area contributed by atoms with Gasteiger partial charge in [0.05, 0.1) is 18.6 Å². The molecule has 3 nitrogen and oxygen atoms in total. The van der Waals surface area contributed by atoms with E-state index in [1.165, 1.54) is 12.1 Å². The van der Waals surface area contributed by atoms with E-state index in [0.29, 0.717) is 23.6 Å². The molecule has 1 N–H and O–H groups in total. The highest BCUT2D eigenvalue weighted by Gasteiger charge is 2.35. The first-order chi connectivity index (χ1) is 9.63. The molecule has 1 aromatic carbocycles. The number of hydrogen-bond acceptors (Lipinski definition) is 2. The van der Waals surface area contributed by atoms with Crippen LogP contribution in [0.1, 0.15) is 30.9 Å². The molecule has 5 heteroatoms. The molecule has 2 fully saturated rings. The minimum absolute atomic E-state index is 0.0276. The molecular formula is C15H17BrFNO2. The topological polar surface area (TPSA) is 38.3 Å². The van der Waals surface area contributed by atoms with Gasteiger partial charge in [-0.25, -0.2) is 4.39 Å². The molecule has 0 spiro atoms. The second-order valence-electron chi connectivity index (χ2n) is 5.59. The van der Waals surface area contributed by atoms with Gasteiger partial charge in [-0.2, -0.15) is 0 Å². The van der Waals surface area contributed by atoms with Gasteiger partial charge in [-0.3, -0.25) is 4.79 Å². The van der Waals surface area contributed by atoms with Gasteiger partial charge in [0.25, 0.3) is 0 Å². The van der Waals surface area contributed by atoms with Crippen molar-refractivity contribution < 1.29 is 13.9 Å². The molecule has 108 valence electrons. The number of halogens is 2. The first kappa shape index (κ1) is 14.0. The Labute approximate surface area is 126 Å². The van der Waals surface area contributed by atoms with Crippen molar-refractivity contribution in [3.8, 4) is 0 Å². The lowest BCUT2D eigenvalue weighted by Crippen LogP contribution is -2.35. The van der Waals surface area contributed by atoms with Gasteiger partial charge in [0.2, 0.25) is 5.91 Å². The zero-order chi connectivity index (χ0) is 14.1. The number of hydrogen-bond donors (Lipinski definition) is 1. The Morgan fingerprint density at radius 2 is 2.15 bits per heavy atom. The molecule has 1 saturated carbocycles. The third-order valence-electron chi connectivity index (χ3n) is 3.94. The number of amides is 1. The van der Waals surface area contributed by atoms with E-state index in [0.717, 1.165) is 24.8 Å². The smallest absolute Gasteiger partial charge is 0.226 e. The van der Waals surface area contributed by atoms with E-state index in [9.17, 15) is 9.18 Å². The molecule has 0 unspecified atom stereocenters. The summed E-state index contributed by atoms with van der Waals surface area (Å²) in [6.45, 7) is 1.15. The Hall–Kier alpha value is -0.940. The van der Waals surface area contributed by atoms with E-state index in [2.05, 4.69) is 21.2 Å². The molecule has 2 aliphatic rings. The van der Waals surface area contributed by atoms with Gasteiger partial charge in [0.15, 0.2) is 0 Å². The zero-order valence-electron chi connectivity index (χ0n) is 11.1. The van der Waals surface area contributed by atoms with Crippen molar-refractivity contribution in [2.45, 2.75) is 25.3 Å². The average Bonchev–Trinajstić information content (AvgIpc) is 3.07. The fourth-order valence-electron chi connectivity index (χ4n) is 2.67.